The summed E-state index contributed by atoms with van der Waals surface area (Å²) in [7, 11) is -2.87. The van der Waals surface area contributed by atoms with Crippen molar-refractivity contribution in [1.82, 2.24) is 0 Å². The van der Waals surface area contributed by atoms with Crippen LogP contribution in [0.2, 0.25) is 0 Å². The number of sulfone groups is 1. The minimum Gasteiger partial charge on any atom is -0.381 e. The lowest BCUT2D eigenvalue weighted by Crippen LogP contribution is -2.26. The van der Waals surface area contributed by atoms with Crippen LogP contribution in [0.5, 0.6) is 0 Å². The van der Waals surface area contributed by atoms with Crippen LogP contribution in [0.1, 0.15) is 12.8 Å². The Bertz CT molecular complexity index is 255. The first-order valence-electron chi connectivity index (χ1n) is 4.29. The Morgan fingerprint density at radius 3 is 2.62 bits per heavy atom. The standard InChI is InChI=1S/C8H15ClO3S/c1-13(10,11)5-3-8(6-9)2-4-12-7-8/h2-7H2,1H3. The minimum absolute atomic E-state index is 0.0926. The van der Waals surface area contributed by atoms with E-state index >= 15 is 0 Å². The maximum Gasteiger partial charge on any atom is 0.147 e. The molecule has 1 aliphatic heterocycles. The van der Waals surface area contributed by atoms with E-state index in [4.69, 9.17) is 16.3 Å². The van der Waals surface area contributed by atoms with Gasteiger partial charge < -0.3 is 4.74 Å². The van der Waals surface area contributed by atoms with E-state index in [1.165, 1.54) is 6.26 Å². The molecule has 0 aromatic heterocycles. The first-order chi connectivity index (χ1) is 5.97. The Labute approximate surface area is 84.3 Å². The highest BCUT2D eigenvalue weighted by atomic mass is 35.5. The van der Waals surface area contributed by atoms with Crippen molar-refractivity contribution in [2.24, 2.45) is 5.41 Å². The molecule has 1 unspecified atom stereocenters. The molecular formula is C8H15ClO3S. The largest absolute Gasteiger partial charge is 0.381 e. The lowest BCUT2D eigenvalue weighted by atomic mass is 9.87. The molecular weight excluding hydrogens is 212 g/mol. The lowest BCUT2D eigenvalue weighted by molar-refractivity contribution is 0.159. The second-order valence-electron chi connectivity index (χ2n) is 3.82. The topological polar surface area (TPSA) is 43.4 Å². The summed E-state index contributed by atoms with van der Waals surface area (Å²) in [6, 6.07) is 0. The number of hydrogen-bond donors (Lipinski definition) is 0. The fourth-order valence-electron chi connectivity index (χ4n) is 1.42. The van der Waals surface area contributed by atoms with Gasteiger partial charge in [-0.05, 0) is 12.8 Å². The molecule has 0 saturated carbocycles. The molecule has 0 aromatic carbocycles. The average molecular weight is 227 g/mol. The Hall–Kier alpha value is 0.200. The van der Waals surface area contributed by atoms with E-state index < -0.39 is 9.84 Å². The van der Waals surface area contributed by atoms with Gasteiger partial charge in [0.25, 0.3) is 0 Å². The number of ether oxygens (including phenoxy) is 1. The van der Waals surface area contributed by atoms with Crippen molar-refractivity contribution in [3.05, 3.63) is 0 Å². The predicted octanol–water partition coefficient (Wildman–Crippen LogP) is 1.07. The van der Waals surface area contributed by atoms with E-state index in [2.05, 4.69) is 0 Å². The van der Waals surface area contributed by atoms with Gasteiger partial charge >= 0.3 is 0 Å². The molecule has 5 heteroatoms. The van der Waals surface area contributed by atoms with Gasteiger partial charge in [0.15, 0.2) is 0 Å². The van der Waals surface area contributed by atoms with Gasteiger partial charge in [0.2, 0.25) is 0 Å². The highest BCUT2D eigenvalue weighted by molar-refractivity contribution is 7.90. The normalized spacial score (nSPS) is 29.4. The van der Waals surface area contributed by atoms with Crippen molar-refractivity contribution in [2.75, 3.05) is 31.1 Å². The average Bonchev–Trinajstić information content (AvgIpc) is 2.49. The molecule has 0 N–H and O–H groups in total. The van der Waals surface area contributed by atoms with Gasteiger partial charge in [0.05, 0.1) is 12.4 Å². The van der Waals surface area contributed by atoms with Crippen LogP contribution < -0.4 is 0 Å². The molecule has 0 amide bonds. The number of hydrogen-bond acceptors (Lipinski definition) is 3. The van der Waals surface area contributed by atoms with Crippen molar-refractivity contribution in [1.29, 1.82) is 0 Å². The third kappa shape index (κ3) is 3.44. The molecule has 1 rings (SSSR count). The predicted molar refractivity (Wildman–Crippen MR) is 52.9 cm³/mol. The molecule has 1 aliphatic rings. The summed E-state index contributed by atoms with van der Waals surface area (Å²) in [5, 5.41) is 0. The Kier molecular flexibility index (Phi) is 3.60. The molecule has 0 spiro atoms. The third-order valence-electron chi connectivity index (χ3n) is 2.47. The summed E-state index contributed by atoms with van der Waals surface area (Å²) in [6.07, 6.45) is 2.76. The maximum absolute atomic E-state index is 11.0. The quantitative estimate of drug-likeness (QED) is 0.674. The van der Waals surface area contributed by atoms with Crippen molar-refractivity contribution < 1.29 is 13.2 Å². The maximum atomic E-state index is 11.0. The number of rotatable bonds is 4. The van der Waals surface area contributed by atoms with E-state index in [9.17, 15) is 8.42 Å². The van der Waals surface area contributed by atoms with Crippen LogP contribution in [0.4, 0.5) is 0 Å². The fraction of sp³-hybridized carbons (Fsp3) is 1.00. The monoisotopic (exact) mass is 226 g/mol. The van der Waals surface area contributed by atoms with Crippen LogP contribution in [-0.4, -0.2) is 39.5 Å². The van der Waals surface area contributed by atoms with E-state index in [0.717, 1.165) is 6.42 Å². The van der Waals surface area contributed by atoms with Crippen LogP contribution in [-0.2, 0) is 14.6 Å². The van der Waals surface area contributed by atoms with Crippen LogP contribution in [0.3, 0.4) is 0 Å². The van der Waals surface area contributed by atoms with Crippen LogP contribution in [0.15, 0.2) is 0 Å². The van der Waals surface area contributed by atoms with Crippen LogP contribution >= 0.6 is 11.6 Å². The van der Waals surface area contributed by atoms with Gasteiger partial charge in [-0.2, -0.15) is 0 Å². The Balaban J connectivity index is 2.50. The van der Waals surface area contributed by atoms with Crippen molar-refractivity contribution in [3.8, 4) is 0 Å². The molecule has 1 atom stereocenters. The zero-order chi connectivity index (χ0) is 9.95. The Morgan fingerprint density at radius 1 is 1.54 bits per heavy atom. The second-order valence-corrected chi connectivity index (χ2v) is 6.34. The molecule has 78 valence electrons. The molecule has 1 saturated heterocycles. The van der Waals surface area contributed by atoms with Gasteiger partial charge in [0.1, 0.15) is 9.84 Å². The van der Waals surface area contributed by atoms with Crippen LogP contribution in [0.25, 0.3) is 0 Å². The summed E-state index contributed by atoms with van der Waals surface area (Å²) >= 11 is 5.82. The fourth-order valence-corrected chi connectivity index (χ4v) is 2.57. The van der Waals surface area contributed by atoms with Crippen molar-refractivity contribution >= 4 is 21.4 Å². The van der Waals surface area contributed by atoms with Crippen molar-refractivity contribution in [2.45, 2.75) is 12.8 Å². The third-order valence-corrected chi connectivity index (χ3v) is 3.98. The summed E-state index contributed by atoms with van der Waals surface area (Å²) < 4.78 is 27.2. The van der Waals surface area contributed by atoms with E-state index in [1.54, 1.807) is 0 Å². The number of alkyl halides is 1. The first-order valence-corrected chi connectivity index (χ1v) is 6.88. The molecule has 13 heavy (non-hydrogen) atoms. The molecule has 0 radical (unpaired) electrons. The highest BCUT2D eigenvalue weighted by Gasteiger charge is 2.34. The molecule has 1 heterocycles. The van der Waals surface area contributed by atoms with Crippen LogP contribution in [0, 0.1) is 5.41 Å². The Morgan fingerprint density at radius 2 is 2.23 bits per heavy atom. The molecule has 0 aromatic rings. The highest BCUT2D eigenvalue weighted by Crippen LogP contribution is 2.33. The second kappa shape index (κ2) is 4.15. The molecule has 0 bridgehead atoms. The van der Waals surface area contributed by atoms with Crippen molar-refractivity contribution in [3.63, 3.8) is 0 Å². The van der Waals surface area contributed by atoms with E-state index in [0.29, 0.717) is 25.5 Å². The first kappa shape index (κ1) is 11.3. The lowest BCUT2D eigenvalue weighted by Gasteiger charge is -2.23. The van der Waals surface area contributed by atoms with E-state index in [1.807, 2.05) is 0 Å². The van der Waals surface area contributed by atoms with Gasteiger partial charge in [-0.1, -0.05) is 0 Å². The van der Waals surface area contributed by atoms with Gasteiger partial charge in [0, 0.05) is 24.2 Å². The summed E-state index contributed by atoms with van der Waals surface area (Å²) in [5.41, 5.74) is -0.0926. The summed E-state index contributed by atoms with van der Waals surface area (Å²) in [4.78, 5) is 0. The minimum atomic E-state index is -2.87. The van der Waals surface area contributed by atoms with E-state index in [-0.39, 0.29) is 11.2 Å². The number of halogens is 1. The molecule has 3 nitrogen and oxygen atoms in total. The zero-order valence-electron chi connectivity index (χ0n) is 7.75. The van der Waals surface area contributed by atoms with Gasteiger partial charge in [-0.25, -0.2) is 8.42 Å². The smallest absolute Gasteiger partial charge is 0.147 e. The van der Waals surface area contributed by atoms with Gasteiger partial charge in [-0.15, -0.1) is 11.6 Å². The van der Waals surface area contributed by atoms with Gasteiger partial charge in [-0.3, -0.25) is 0 Å². The summed E-state index contributed by atoms with van der Waals surface area (Å²) in [5.74, 6) is 0.700. The summed E-state index contributed by atoms with van der Waals surface area (Å²) in [6.45, 7) is 1.31. The zero-order valence-corrected chi connectivity index (χ0v) is 9.33. The molecule has 1 fully saturated rings. The molecule has 0 aliphatic carbocycles. The SMILES string of the molecule is CS(=O)(=O)CCC1(CCl)CCOC1.